The Balaban J connectivity index is 1.83. The Kier molecular flexibility index (Phi) is 5.05. The Bertz CT molecular complexity index is 790. The molecule has 2 heterocycles. The number of aromatic nitrogens is 3. The number of H-pyrrole nitrogens is 2. The number of nitrogens with one attached hydrogen (secondary N) is 2. The summed E-state index contributed by atoms with van der Waals surface area (Å²) in [4.78, 5) is 12.5. The molecule has 0 aliphatic heterocycles. The molecule has 6 N–H and O–H groups in total. The lowest BCUT2D eigenvalue weighted by atomic mass is 10.2. The molecule has 0 unspecified atom stereocenters. The lowest BCUT2D eigenvalue weighted by molar-refractivity contribution is -0.362. The van der Waals surface area contributed by atoms with E-state index in [-0.39, 0.29) is 6.61 Å². The topological polar surface area (TPSA) is 113 Å². The van der Waals surface area contributed by atoms with E-state index in [1.165, 1.54) is 0 Å². The zero-order valence-electron chi connectivity index (χ0n) is 13.3. The number of aliphatic hydroxyl groups is 2. The quantitative estimate of drug-likeness (QED) is 0.499. The van der Waals surface area contributed by atoms with Crippen molar-refractivity contribution in [2.24, 2.45) is 0 Å². The number of rotatable bonds is 7. The summed E-state index contributed by atoms with van der Waals surface area (Å²) < 4.78 is 0. The maximum absolute atomic E-state index is 9.85. The van der Waals surface area contributed by atoms with E-state index in [2.05, 4.69) is 19.9 Å². The van der Waals surface area contributed by atoms with E-state index < -0.39 is 6.10 Å². The van der Waals surface area contributed by atoms with Crippen molar-refractivity contribution in [2.45, 2.75) is 19.2 Å². The zero-order chi connectivity index (χ0) is 16.9. The summed E-state index contributed by atoms with van der Waals surface area (Å²) in [7, 11) is 0. The summed E-state index contributed by atoms with van der Waals surface area (Å²) in [5, 5.41) is 19.0. The number of nitrogen functional groups attached to an aromatic ring is 1. The molecule has 0 aliphatic carbocycles. The molecule has 0 spiro atoms. The fourth-order valence-corrected chi connectivity index (χ4v) is 2.76. The van der Waals surface area contributed by atoms with Crippen molar-refractivity contribution in [3.05, 3.63) is 53.9 Å². The van der Waals surface area contributed by atoms with Crippen molar-refractivity contribution in [1.82, 2.24) is 14.9 Å². The molecule has 0 fully saturated rings. The maximum Gasteiger partial charge on any atom is 0.387 e. The predicted octanol–water partition coefficient (Wildman–Crippen LogP) is 0.315. The number of benzene rings is 1. The summed E-state index contributed by atoms with van der Waals surface area (Å²) in [6.07, 6.45) is 2.89. The van der Waals surface area contributed by atoms with E-state index in [9.17, 15) is 5.11 Å². The van der Waals surface area contributed by atoms with Gasteiger partial charge in [-0.25, -0.2) is 4.98 Å². The summed E-state index contributed by atoms with van der Waals surface area (Å²) in [6, 6.07) is 10.0. The van der Waals surface area contributed by atoms with Gasteiger partial charge in [-0.2, -0.15) is 0 Å². The van der Waals surface area contributed by atoms with Gasteiger partial charge in [-0.1, -0.05) is 35.3 Å². The molecular formula is C17H22N5O2+. The number of hydrogen-bond acceptors (Lipinski definition) is 5. The average Bonchev–Trinajstić information content (AvgIpc) is 2.97. The van der Waals surface area contributed by atoms with Crippen LogP contribution < -0.4 is 10.7 Å². The summed E-state index contributed by atoms with van der Waals surface area (Å²) in [5.74, 6) is 0.355. The molecule has 1 atom stereocenters. The number of nitrogens with two attached hydrogens (primary N) is 1. The molecule has 0 bridgehead atoms. The first-order chi connectivity index (χ1) is 11.7. The van der Waals surface area contributed by atoms with Gasteiger partial charge in [0.2, 0.25) is 0 Å². The van der Waals surface area contributed by atoms with Crippen molar-refractivity contribution in [1.29, 1.82) is 0 Å². The second kappa shape index (κ2) is 7.39. The second-order valence-corrected chi connectivity index (χ2v) is 5.85. The minimum atomic E-state index is -0.787. The number of nitrogens with zero attached hydrogens (tertiary/aromatic N) is 2. The molecule has 7 nitrogen and oxygen atoms in total. The molecule has 3 aromatic rings. The fraction of sp³-hybridized carbons (Fsp3) is 0.294. The molecule has 0 amide bonds. The number of hydrogen-bond donors (Lipinski definition) is 4. The smallest absolute Gasteiger partial charge is 0.387 e. The van der Waals surface area contributed by atoms with Crippen molar-refractivity contribution in [3.63, 3.8) is 0 Å². The van der Waals surface area contributed by atoms with Crippen LogP contribution in [-0.2, 0) is 13.1 Å². The Labute approximate surface area is 139 Å². The van der Waals surface area contributed by atoms with Gasteiger partial charge in [-0.15, -0.1) is 0 Å². The highest BCUT2D eigenvalue weighted by Gasteiger charge is 2.17. The Hall–Kier alpha value is -2.48. The molecule has 7 heteroatoms. The van der Waals surface area contributed by atoms with Crippen LogP contribution in [0.5, 0.6) is 0 Å². The summed E-state index contributed by atoms with van der Waals surface area (Å²) in [5.41, 5.74) is 9.56. The second-order valence-electron chi connectivity index (χ2n) is 5.85. The van der Waals surface area contributed by atoms with Crippen LogP contribution in [-0.4, -0.2) is 44.3 Å². The highest BCUT2D eigenvalue weighted by atomic mass is 16.3. The van der Waals surface area contributed by atoms with Crippen LogP contribution in [0.2, 0.25) is 0 Å². The molecule has 0 saturated carbocycles. The van der Waals surface area contributed by atoms with Gasteiger partial charge in [0, 0.05) is 31.4 Å². The van der Waals surface area contributed by atoms with Crippen LogP contribution in [0.4, 0.5) is 5.95 Å². The standard InChI is InChI=1S/C17H21N5O2/c18-17-20-7-15-16(21-17)13(6-19-15)9-22(10-14(24)11-23)8-12-4-2-1-3-5-12/h1-7,14,19,23-24H,8-11H2,(H2,18,20,21)/p+1/t14-/m0/s1. The third-order valence-electron chi connectivity index (χ3n) is 3.88. The van der Waals surface area contributed by atoms with Crippen LogP contribution in [0.15, 0.2) is 42.7 Å². The first-order valence-electron chi connectivity index (χ1n) is 7.85. The number of aromatic amines is 2. The van der Waals surface area contributed by atoms with Gasteiger partial charge in [-0.3, -0.25) is 10.6 Å². The zero-order valence-corrected chi connectivity index (χ0v) is 13.3. The SMILES string of the molecule is Nc1nc2c(CN(Cc3ccccc3)C[C@H](O)CO)c[nH]c2c[nH+]1. The van der Waals surface area contributed by atoms with E-state index in [1.54, 1.807) is 6.20 Å². The number of fused-ring (bicyclic) bond motifs is 1. The first-order valence-corrected chi connectivity index (χ1v) is 7.85. The van der Waals surface area contributed by atoms with Gasteiger partial charge in [0.1, 0.15) is 5.52 Å². The molecule has 0 saturated heterocycles. The molecule has 1 aromatic carbocycles. The minimum Gasteiger partial charge on any atom is -0.394 e. The van der Waals surface area contributed by atoms with Crippen LogP contribution in [0.1, 0.15) is 11.1 Å². The van der Waals surface area contributed by atoms with Gasteiger partial charge in [0.05, 0.1) is 18.9 Å². The molecule has 126 valence electrons. The van der Waals surface area contributed by atoms with Gasteiger partial charge in [0.15, 0.2) is 5.52 Å². The third-order valence-corrected chi connectivity index (χ3v) is 3.88. The number of anilines is 1. The number of aliphatic hydroxyl groups excluding tert-OH is 2. The Morgan fingerprint density at radius 1 is 1.25 bits per heavy atom. The van der Waals surface area contributed by atoms with E-state index in [1.807, 2.05) is 36.5 Å². The highest BCUT2D eigenvalue weighted by Crippen LogP contribution is 2.18. The van der Waals surface area contributed by atoms with Crippen LogP contribution >= 0.6 is 0 Å². The van der Waals surface area contributed by atoms with E-state index >= 15 is 0 Å². The van der Waals surface area contributed by atoms with Gasteiger partial charge in [-0.05, 0) is 5.56 Å². The van der Waals surface area contributed by atoms with E-state index in [0.29, 0.717) is 25.6 Å². The molecular weight excluding hydrogens is 306 g/mol. The fourth-order valence-electron chi connectivity index (χ4n) is 2.76. The predicted molar refractivity (Wildman–Crippen MR) is 90.7 cm³/mol. The summed E-state index contributed by atoms with van der Waals surface area (Å²) in [6.45, 7) is 1.35. The molecule has 0 radical (unpaired) electrons. The molecule has 0 aliphatic rings. The van der Waals surface area contributed by atoms with Gasteiger partial charge in [0.25, 0.3) is 0 Å². The largest absolute Gasteiger partial charge is 0.394 e. The maximum atomic E-state index is 9.85. The normalized spacial score (nSPS) is 12.8. The minimum absolute atomic E-state index is 0.265. The molecule has 24 heavy (non-hydrogen) atoms. The molecule has 3 rings (SSSR count). The first kappa shape index (κ1) is 16.4. The van der Waals surface area contributed by atoms with Crippen molar-refractivity contribution >= 4 is 17.0 Å². The van der Waals surface area contributed by atoms with E-state index in [0.717, 1.165) is 22.2 Å². The van der Waals surface area contributed by atoms with Crippen LogP contribution in [0, 0.1) is 0 Å². The van der Waals surface area contributed by atoms with Gasteiger partial charge >= 0.3 is 5.95 Å². The van der Waals surface area contributed by atoms with Gasteiger partial charge < -0.3 is 15.2 Å². The lowest BCUT2D eigenvalue weighted by Gasteiger charge is -2.24. The third kappa shape index (κ3) is 3.88. The van der Waals surface area contributed by atoms with E-state index in [4.69, 9.17) is 10.8 Å². The highest BCUT2D eigenvalue weighted by molar-refractivity contribution is 5.77. The van der Waals surface area contributed by atoms with Crippen LogP contribution in [0.25, 0.3) is 11.0 Å². The molecule has 2 aromatic heterocycles. The summed E-state index contributed by atoms with van der Waals surface area (Å²) >= 11 is 0. The van der Waals surface area contributed by atoms with Crippen LogP contribution in [0.3, 0.4) is 0 Å². The monoisotopic (exact) mass is 328 g/mol. The Morgan fingerprint density at radius 3 is 2.79 bits per heavy atom. The van der Waals surface area contributed by atoms with Crippen molar-refractivity contribution in [3.8, 4) is 0 Å². The average molecular weight is 328 g/mol. The Morgan fingerprint density at radius 2 is 2.04 bits per heavy atom. The van der Waals surface area contributed by atoms with Crippen molar-refractivity contribution < 1.29 is 15.2 Å². The van der Waals surface area contributed by atoms with Crippen molar-refractivity contribution in [2.75, 3.05) is 18.9 Å². The lowest BCUT2D eigenvalue weighted by Crippen LogP contribution is -2.33.